The molecule has 0 saturated heterocycles. The predicted molar refractivity (Wildman–Crippen MR) is 72.0 cm³/mol. The topological polar surface area (TPSA) is 73.5 Å². The molecular formula is C12H22N4O2. The van der Waals surface area contributed by atoms with Crippen LogP contribution in [-0.4, -0.2) is 42.9 Å². The van der Waals surface area contributed by atoms with Gasteiger partial charge in [0.1, 0.15) is 12.0 Å². The van der Waals surface area contributed by atoms with E-state index in [0.717, 1.165) is 13.1 Å². The summed E-state index contributed by atoms with van der Waals surface area (Å²) in [7, 11) is 0. The normalized spacial score (nSPS) is 10.4. The van der Waals surface area contributed by atoms with Crippen molar-refractivity contribution in [1.29, 1.82) is 0 Å². The molecule has 2 N–H and O–H groups in total. The Labute approximate surface area is 108 Å². The summed E-state index contributed by atoms with van der Waals surface area (Å²) >= 11 is 0. The van der Waals surface area contributed by atoms with Crippen LogP contribution >= 0.6 is 0 Å². The maximum absolute atomic E-state index is 6.02. The van der Waals surface area contributed by atoms with Crippen LogP contribution in [0.5, 0.6) is 5.88 Å². The number of hydrogen-bond donors (Lipinski definition) is 1. The van der Waals surface area contributed by atoms with Gasteiger partial charge in [0.15, 0.2) is 5.82 Å². The third kappa shape index (κ3) is 3.73. The Morgan fingerprint density at radius 3 is 2.61 bits per heavy atom. The van der Waals surface area contributed by atoms with Gasteiger partial charge in [-0.3, -0.25) is 0 Å². The fourth-order valence-electron chi connectivity index (χ4n) is 1.61. The summed E-state index contributed by atoms with van der Waals surface area (Å²) in [6, 6.07) is 0. The molecule has 0 aromatic carbocycles. The van der Waals surface area contributed by atoms with Crippen molar-refractivity contribution in [2.24, 2.45) is 0 Å². The fourth-order valence-corrected chi connectivity index (χ4v) is 1.61. The summed E-state index contributed by atoms with van der Waals surface area (Å²) in [5, 5.41) is 0. The number of anilines is 2. The minimum absolute atomic E-state index is 0.442. The van der Waals surface area contributed by atoms with Crippen LogP contribution in [0.25, 0.3) is 0 Å². The molecule has 0 bridgehead atoms. The van der Waals surface area contributed by atoms with Crippen molar-refractivity contribution in [3.05, 3.63) is 6.33 Å². The van der Waals surface area contributed by atoms with Gasteiger partial charge in [0.2, 0.25) is 5.88 Å². The van der Waals surface area contributed by atoms with Crippen LogP contribution < -0.4 is 15.4 Å². The number of nitrogen functional groups attached to an aromatic ring is 1. The zero-order chi connectivity index (χ0) is 13.4. The number of nitrogens with two attached hydrogens (primary N) is 1. The first-order valence-corrected chi connectivity index (χ1v) is 6.30. The first-order valence-electron chi connectivity index (χ1n) is 6.30. The number of ether oxygens (including phenoxy) is 2. The number of rotatable bonds is 8. The van der Waals surface area contributed by atoms with Gasteiger partial charge in [-0.2, -0.15) is 4.98 Å². The summed E-state index contributed by atoms with van der Waals surface area (Å²) in [5.74, 6) is 1.15. The first-order chi connectivity index (χ1) is 8.74. The lowest BCUT2D eigenvalue weighted by Gasteiger charge is -2.23. The van der Waals surface area contributed by atoms with Crippen LogP contribution in [0.3, 0.4) is 0 Å². The highest BCUT2D eigenvalue weighted by Gasteiger charge is 2.14. The van der Waals surface area contributed by atoms with E-state index in [-0.39, 0.29) is 0 Å². The lowest BCUT2D eigenvalue weighted by Crippen LogP contribution is -2.29. The SMILES string of the molecule is CCOCCN(CC)c1ncnc(OCC)c1N. The zero-order valence-corrected chi connectivity index (χ0v) is 11.3. The second-order valence-corrected chi connectivity index (χ2v) is 3.63. The van der Waals surface area contributed by atoms with Gasteiger partial charge >= 0.3 is 0 Å². The van der Waals surface area contributed by atoms with Crippen LogP contribution in [0.1, 0.15) is 20.8 Å². The number of nitrogens with zero attached hydrogens (tertiary/aromatic N) is 3. The van der Waals surface area contributed by atoms with Crippen LogP contribution in [0.15, 0.2) is 6.33 Å². The lowest BCUT2D eigenvalue weighted by molar-refractivity contribution is 0.154. The highest BCUT2D eigenvalue weighted by molar-refractivity contribution is 5.67. The molecule has 6 nitrogen and oxygen atoms in total. The van der Waals surface area contributed by atoms with Crippen molar-refractivity contribution in [2.75, 3.05) is 43.5 Å². The van der Waals surface area contributed by atoms with E-state index >= 15 is 0 Å². The average Bonchev–Trinajstić information content (AvgIpc) is 2.38. The summed E-state index contributed by atoms with van der Waals surface area (Å²) in [6.45, 7) is 9.37. The molecular weight excluding hydrogens is 232 g/mol. The van der Waals surface area contributed by atoms with Gasteiger partial charge in [0, 0.05) is 19.7 Å². The quantitative estimate of drug-likeness (QED) is 0.705. The molecule has 1 heterocycles. The Bertz CT molecular complexity index is 360. The standard InChI is InChI=1S/C12H22N4O2/c1-4-16(7-8-17-5-2)11-10(13)12(18-6-3)15-9-14-11/h9H,4-8,13H2,1-3H3. The third-order valence-electron chi connectivity index (χ3n) is 2.50. The Kier molecular flexibility index (Phi) is 6.21. The molecule has 0 aliphatic heterocycles. The first kappa shape index (κ1) is 14.5. The van der Waals surface area contributed by atoms with Crippen molar-refractivity contribution in [3.8, 4) is 5.88 Å². The zero-order valence-electron chi connectivity index (χ0n) is 11.3. The largest absolute Gasteiger partial charge is 0.476 e. The Morgan fingerprint density at radius 2 is 2.00 bits per heavy atom. The van der Waals surface area contributed by atoms with Gasteiger partial charge < -0.3 is 20.1 Å². The molecule has 0 spiro atoms. The van der Waals surface area contributed by atoms with Crippen molar-refractivity contribution < 1.29 is 9.47 Å². The molecule has 0 atom stereocenters. The Morgan fingerprint density at radius 1 is 1.22 bits per heavy atom. The van der Waals surface area contributed by atoms with Crippen LogP contribution in [0.2, 0.25) is 0 Å². The van der Waals surface area contributed by atoms with E-state index in [0.29, 0.717) is 37.2 Å². The van der Waals surface area contributed by atoms with Gasteiger partial charge in [-0.15, -0.1) is 0 Å². The lowest BCUT2D eigenvalue weighted by atomic mass is 10.4. The second-order valence-electron chi connectivity index (χ2n) is 3.63. The van der Waals surface area contributed by atoms with Gasteiger partial charge in [-0.05, 0) is 20.8 Å². The molecule has 0 aliphatic rings. The fraction of sp³-hybridized carbons (Fsp3) is 0.667. The minimum Gasteiger partial charge on any atom is -0.476 e. The Hall–Kier alpha value is -1.56. The molecule has 0 amide bonds. The molecule has 0 saturated carbocycles. The van der Waals surface area contributed by atoms with E-state index in [9.17, 15) is 0 Å². The highest BCUT2D eigenvalue weighted by Crippen LogP contribution is 2.27. The molecule has 102 valence electrons. The molecule has 0 aliphatic carbocycles. The molecule has 0 unspecified atom stereocenters. The van der Waals surface area contributed by atoms with E-state index in [1.807, 2.05) is 20.8 Å². The smallest absolute Gasteiger partial charge is 0.242 e. The van der Waals surface area contributed by atoms with E-state index in [2.05, 4.69) is 14.9 Å². The second kappa shape index (κ2) is 7.71. The van der Waals surface area contributed by atoms with Crippen LogP contribution in [0.4, 0.5) is 11.5 Å². The molecule has 6 heteroatoms. The molecule has 0 fully saturated rings. The van der Waals surface area contributed by atoms with Crippen LogP contribution in [-0.2, 0) is 4.74 Å². The van der Waals surface area contributed by atoms with Gasteiger partial charge in [0.25, 0.3) is 0 Å². The van der Waals surface area contributed by atoms with Crippen molar-refractivity contribution in [1.82, 2.24) is 9.97 Å². The van der Waals surface area contributed by atoms with Gasteiger partial charge in [0.05, 0.1) is 13.2 Å². The van der Waals surface area contributed by atoms with E-state index < -0.39 is 0 Å². The maximum atomic E-state index is 6.02. The highest BCUT2D eigenvalue weighted by atomic mass is 16.5. The van der Waals surface area contributed by atoms with Gasteiger partial charge in [-0.25, -0.2) is 4.98 Å². The summed E-state index contributed by atoms with van der Waals surface area (Å²) in [4.78, 5) is 10.3. The number of hydrogen-bond acceptors (Lipinski definition) is 6. The van der Waals surface area contributed by atoms with Gasteiger partial charge in [-0.1, -0.05) is 0 Å². The number of aromatic nitrogens is 2. The van der Waals surface area contributed by atoms with Crippen molar-refractivity contribution >= 4 is 11.5 Å². The molecule has 1 rings (SSSR count). The molecule has 18 heavy (non-hydrogen) atoms. The molecule has 1 aromatic rings. The van der Waals surface area contributed by atoms with E-state index in [4.69, 9.17) is 15.2 Å². The van der Waals surface area contributed by atoms with E-state index in [1.54, 1.807) is 0 Å². The number of likely N-dealkylation sites (N-methyl/N-ethyl adjacent to an activating group) is 1. The van der Waals surface area contributed by atoms with Crippen molar-refractivity contribution in [2.45, 2.75) is 20.8 Å². The van der Waals surface area contributed by atoms with E-state index in [1.165, 1.54) is 6.33 Å². The third-order valence-corrected chi connectivity index (χ3v) is 2.50. The summed E-state index contributed by atoms with van der Waals surface area (Å²) < 4.78 is 10.7. The molecule has 0 radical (unpaired) electrons. The van der Waals surface area contributed by atoms with Crippen molar-refractivity contribution in [3.63, 3.8) is 0 Å². The average molecular weight is 254 g/mol. The predicted octanol–water partition coefficient (Wildman–Crippen LogP) is 1.32. The molecule has 1 aromatic heterocycles. The maximum Gasteiger partial charge on any atom is 0.242 e. The summed E-state index contributed by atoms with van der Waals surface area (Å²) in [5.41, 5.74) is 6.50. The summed E-state index contributed by atoms with van der Waals surface area (Å²) in [6.07, 6.45) is 1.47. The monoisotopic (exact) mass is 254 g/mol. The van der Waals surface area contributed by atoms with Crippen LogP contribution in [0, 0.1) is 0 Å². The Balaban J connectivity index is 2.81. The minimum atomic E-state index is 0.442.